The number of carboxylic acids is 1. The number of aromatic carboxylic acids is 1. The molecule has 1 heterocycles. The van der Waals surface area contributed by atoms with Crippen molar-refractivity contribution in [1.29, 1.82) is 0 Å². The van der Waals surface area contributed by atoms with E-state index in [-0.39, 0.29) is 0 Å². The third-order valence-electron chi connectivity index (χ3n) is 4.20. The molecule has 0 saturated carbocycles. The highest BCUT2D eigenvalue weighted by atomic mass is 16.4. The number of aromatic nitrogens is 2. The first-order valence-electron chi connectivity index (χ1n) is 8.24. The number of nitrogens with zero attached hydrogens (tertiary/aromatic N) is 2. The Bertz CT molecular complexity index is 857. The predicted molar refractivity (Wildman–Crippen MR) is 94.4 cm³/mol. The maximum atomic E-state index is 11.0. The molecule has 3 rings (SSSR count). The molecule has 2 aromatic carbocycles. The minimum atomic E-state index is -0.902. The van der Waals surface area contributed by atoms with E-state index in [2.05, 4.69) is 23.2 Å². The summed E-state index contributed by atoms with van der Waals surface area (Å²) in [6, 6.07) is 15.1. The fourth-order valence-electron chi connectivity index (χ4n) is 2.86. The Labute approximate surface area is 141 Å². The van der Waals surface area contributed by atoms with Crippen molar-refractivity contribution in [1.82, 2.24) is 10.2 Å². The van der Waals surface area contributed by atoms with Crippen LogP contribution in [-0.2, 0) is 12.8 Å². The van der Waals surface area contributed by atoms with E-state index >= 15 is 0 Å². The molecule has 4 heteroatoms. The van der Waals surface area contributed by atoms with Crippen LogP contribution in [-0.4, -0.2) is 21.3 Å². The predicted octanol–water partition coefficient (Wildman–Crippen LogP) is 4.26. The van der Waals surface area contributed by atoms with E-state index in [0.29, 0.717) is 5.56 Å². The second kappa shape index (κ2) is 7.21. The number of aryl methyl sites for hydroxylation is 1. The summed E-state index contributed by atoms with van der Waals surface area (Å²) in [4.78, 5) is 11.0. The second-order valence-electron chi connectivity index (χ2n) is 5.92. The molecule has 0 fully saturated rings. The molecule has 0 radical (unpaired) electrons. The lowest BCUT2D eigenvalue weighted by molar-refractivity contribution is 0.0697. The van der Waals surface area contributed by atoms with Gasteiger partial charge in [-0.2, -0.15) is 10.2 Å². The van der Waals surface area contributed by atoms with Crippen molar-refractivity contribution >= 4 is 16.9 Å². The summed E-state index contributed by atoms with van der Waals surface area (Å²) >= 11 is 0. The average molecular weight is 320 g/mol. The molecule has 0 spiro atoms. The minimum Gasteiger partial charge on any atom is -0.478 e. The normalized spacial score (nSPS) is 10.9. The summed E-state index contributed by atoms with van der Waals surface area (Å²) in [5, 5.41) is 18.9. The van der Waals surface area contributed by atoms with Gasteiger partial charge in [-0.1, -0.05) is 43.7 Å². The largest absolute Gasteiger partial charge is 0.478 e. The lowest BCUT2D eigenvalue weighted by Gasteiger charge is -2.11. The van der Waals surface area contributed by atoms with Crippen molar-refractivity contribution in [3.63, 3.8) is 0 Å². The Balaban J connectivity index is 2.00. The number of unbranched alkanes of at least 4 members (excludes halogenated alkanes) is 1. The van der Waals surface area contributed by atoms with Gasteiger partial charge in [0, 0.05) is 5.39 Å². The van der Waals surface area contributed by atoms with Gasteiger partial charge in [0.15, 0.2) is 0 Å². The Kier molecular flexibility index (Phi) is 4.85. The highest BCUT2D eigenvalue weighted by Gasteiger charge is 2.11. The first-order chi connectivity index (χ1) is 11.7. The molecule has 0 amide bonds. The number of hydrogen-bond donors (Lipinski definition) is 1. The van der Waals surface area contributed by atoms with Crippen LogP contribution in [0, 0.1) is 0 Å². The fourth-order valence-corrected chi connectivity index (χ4v) is 2.86. The van der Waals surface area contributed by atoms with Gasteiger partial charge in [0.2, 0.25) is 0 Å². The molecule has 4 nitrogen and oxygen atoms in total. The Morgan fingerprint density at radius 1 is 1.04 bits per heavy atom. The van der Waals surface area contributed by atoms with E-state index in [4.69, 9.17) is 5.11 Å². The summed E-state index contributed by atoms with van der Waals surface area (Å²) < 4.78 is 0. The van der Waals surface area contributed by atoms with Gasteiger partial charge in [-0.25, -0.2) is 4.79 Å². The second-order valence-corrected chi connectivity index (χ2v) is 5.92. The highest BCUT2D eigenvalue weighted by molar-refractivity contribution is 5.87. The quantitative estimate of drug-likeness (QED) is 0.737. The zero-order chi connectivity index (χ0) is 16.9. The zero-order valence-electron chi connectivity index (χ0n) is 13.7. The molecule has 24 heavy (non-hydrogen) atoms. The molecule has 0 unspecified atom stereocenters. The van der Waals surface area contributed by atoms with Crippen LogP contribution in [0.3, 0.4) is 0 Å². The molecule has 0 aliphatic heterocycles. The zero-order valence-corrected chi connectivity index (χ0v) is 13.7. The van der Waals surface area contributed by atoms with E-state index < -0.39 is 5.97 Å². The summed E-state index contributed by atoms with van der Waals surface area (Å²) in [7, 11) is 0. The number of hydrogen-bond acceptors (Lipinski definition) is 3. The van der Waals surface area contributed by atoms with Crippen LogP contribution in [0.15, 0.2) is 48.5 Å². The van der Waals surface area contributed by atoms with Gasteiger partial charge < -0.3 is 5.11 Å². The lowest BCUT2D eigenvalue weighted by atomic mass is 9.96. The van der Waals surface area contributed by atoms with Crippen LogP contribution >= 0.6 is 0 Å². The van der Waals surface area contributed by atoms with E-state index in [9.17, 15) is 4.79 Å². The van der Waals surface area contributed by atoms with E-state index in [1.807, 2.05) is 30.3 Å². The maximum Gasteiger partial charge on any atom is 0.335 e. The van der Waals surface area contributed by atoms with Gasteiger partial charge in [0.25, 0.3) is 0 Å². The average Bonchev–Trinajstić information content (AvgIpc) is 2.61. The molecule has 122 valence electrons. The van der Waals surface area contributed by atoms with Gasteiger partial charge in [0.05, 0.1) is 16.8 Å². The Morgan fingerprint density at radius 3 is 2.50 bits per heavy atom. The number of rotatable bonds is 6. The third kappa shape index (κ3) is 3.43. The smallest absolute Gasteiger partial charge is 0.335 e. The van der Waals surface area contributed by atoms with Crippen LogP contribution in [0.25, 0.3) is 10.9 Å². The van der Waals surface area contributed by atoms with E-state index in [1.54, 1.807) is 12.1 Å². The number of fused-ring (bicyclic) bond motifs is 1. The van der Waals surface area contributed by atoms with Gasteiger partial charge in [0.1, 0.15) is 0 Å². The fraction of sp³-hybridized carbons (Fsp3) is 0.250. The first kappa shape index (κ1) is 16.1. The highest BCUT2D eigenvalue weighted by Crippen LogP contribution is 2.23. The molecule has 0 saturated heterocycles. The van der Waals surface area contributed by atoms with Crippen LogP contribution in [0.4, 0.5) is 0 Å². The van der Waals surface area contributed by atoms with Gasteiger partial charge in [-0.15, -0.1) is 0 Å². The van der Waals surface area contributed by atoms with E-state index in [1.165, 1.54) is 5.56 Å². The maximum absolute atomic E-state index is 11.0. The monoisotopic (exact) mass is 320 g/mol. The summed E-state index contributed by atoms with van der Waals surface area (Å²) in [6.45, 7) is 2.17. The SMILES string of the molecule is CCCCc1nnc2ccccc2c1Cc1ccc(C(=O)O)cc1. The van der Waals surface area contributed by atoms with Crippen molar-refractivity contribution in [2.24, 2.45) is 0 Å². The summed E-state index contributed by atoms with van der Waals surface area (Å²) in [6.07, 6.45) is 3.84. The van der Waals surface area contributed by atoms with Crippen LogP contribution in [0.2, 0.25) is 0 Å². The molecule has 1 N–H and O–H groups in total. The van der Waals surface area contributed by atoms with Crippen molar-refractivity contribution in [2.75, 3.05) is 0 Å². The molecule has 0 aliphatic rings. The Morgan fingerprint density at radius 2 is 1.79 bits per heavy atom. The van der Waals surface area contributed by atoms with Crippen LogP contribution in [0.1, 0.15) is 46.9 Å². The van der Waals surface area contributed by atoms with Gasteiger partial charge >= 0.3 is 5.97 Å². The lowest BCUT2D eigenvalue weighted by Crippen LogP contribution is -2.04. The van der Waals surface area contributed by atoms with E-state index in [0.717, 1.165) is 47.8 Å². The summed E-state index contributed by atoms with van der Waals surface area (Å²) in [5.41, 5.74) is 4.52. The number of carboxylic acid groups (broad SMARTS) is 1. The topological polar surface area (TPSA) is 63.1 Å². The summed E-state index contributed by atoms with van der Waals surface area (Å²) in [5.74, 6) is -0.902. The molecule has 0 bridgehead atoms. The number of benzene rings is 2. The van der Waals surface area contributed by atoms with Crippen molar-refractivity contribution in [2.45, 2.75) is 32.6 Å². The van der Waals surface area contributed by atoms with Crippen molar-refractivity contribution in [3.8, 4) is 0 Å². The van der Waals surface area contributed by atoms with Gasteiger partial charge in [-0.3, -0.25) is 0 Å². The van der Waals surface area contributed by atoms with Gasteiger partial charge in [-0.05, 0) is 48.6 Å². The molecular weight excluding hydrogens is 300 g/mol. The van der Waals surface area contributed by atoms with Crippen molar-refractivity contribution < 1.29 is 9.90 Å². The molecule has 1 aromatic heterocycles. The molecule has 0 atom stereocenters. The molecular formula is C20H20N2O2. The standard InChI is InChI=1S/C20H20N2O2/c1-2-3-7-19-17(16-6-4-5-8-18(16)21-22-19)13-14-9-11-15(12-10-14)20(23)24/h4-6,8-12H,2-3,7,13H2,1H3,(H,23,24). The first-order valence-corrected chi connectivity index (χ1v) is 8.24. The van der Waals surface area contributed by atoms with Crippen LogP contribution < -0.4 is 0 Å². The van der Waals surface area contributed by atoms with Crippen LogP contribution in [0.5, 0.6) is 0 Å². The van der Waals surface area contributed by atoms with Crippen molar-refractivity contribution in [3.05, 3.63) is 70.9 Å². The Hall–Kier alpha value is -2.75. The minimum absolute atomic E-state index is 0.308. The molecule has 0 aliphatic carbocycles. The third-order valence-corrected chi connectivity index (χ3v) is 4.20. The number of carbonyl (C=O) groups is 1. The molecule has 3 aromatic rings.